The van der Waals surface area contributed by atoms with Gasteiger partial charge in [-0.1, -0.05) is 24.8 Å². The second-order valence-electron chi connectivity index (χ2n) is 7.98. The first kappa shape index (κ1) is 23.2. The van der Waals surface area contributed by atoms with Gasteiger partial charge in [-0.2, -0.15) is 0 Å². The van der Waals surface area contributed by atoms with Crippen LogP contribution in [0.3, 0.4) is 0 Å². The average Bonchev–Trinajstić information content (AvgIpc) is 3.03. The lowest BCUT2D eigenvalue weighted by Gasteiger charge is -2.25. The smallest absolute Gasteiger partial charge is 0.295 e. The number of nitrogens with zero attached hydrogens (tertiary/aromatic N) is 1. The number of hydrogen-bond donors (Lipinski definition) is 2. The van der Waals surface area contributed by atoms with Crippen LogP contribution in [0.15, 0.2) is 66.8 Å². The molecular formula is C25H28FN2O4+. The molecule has 0 unspecified atom stereocenters. The number of ketones is 1. The maximum Gasteiger partial charge on any atom is 0.295 e. The standard InChI is InChI=1S/C25H27FN2O4/c1-4-16-32-20-12-8-17(9-13-20)22-21(23(29)18-6-10-19(26)11-7-18)24(30)25(31)28(22)15-5-14-27(2)3/h4,6-13,22,29H,1,5,14-16H2,2-3H3/p+1/b23-21-/t22-/m0/s1. The number of quaternary nitrogens is 1. The van der Waals surface area contributed by atoms with Crippen molar-refractivity contribution in [2.45, 2.75) is 12.5 Å². The second-order valence-corrected chi connectivity index (χ2v) is 7.98. The number of ether oxygens (including phenoxy) is 1. The summed E-state index contributed by atoms with van der Waals surface area (Å²) in [5, 5.41) is 11.0. The average molecular weight is 440 g/mol. The zero-order valence-corrected chi connectivity index (χ0v) is 18.3. The van der Waals surface area contributed by atoms with E-state index < -0.39 is 23.5 Å². The van der Waals surface area contributed by atoms with Crippen molar-refractivity contribution in [3.63, 3.8) is 0 Å². The van der Waals surface area contributed by atoms with Crippen molar-refractivity contribution >= 4 is 17.4 Å². The van der Waals surface area contributed by atoms with Crippen molar-refractivity contribution in [1.29, 1.82) is 0 Å². The molecule has 0 radical (unpaired) electrons. The fourth-order valence-corrected chi connectivity index (χ4v) is 3.72. The van der Waals surface area contributed by atoms with Crippen molar-refractivity contribution in [3.8, 4) is 5.75 Å². The van der Waals surface area contributed by atoms with Crippen LogP contribution >= 0.6 is 0 Å². The van der Waals surface area contributed by atoms with Gasteiger partial charge in [0.15, 0.2) is 0 Å². The highest BCUT2D eigenvalue weighted by Crippen LogP contribution is 2.39. The molecule has 0 bridgehead atoms. The van der Waals surface area contributed by atoms with Gasteiger partial charge in [0.05, 0.1) is 32.3 Å². The molecule has 0 aromatic heterocycles. The maximum atomic E-state index is 13.4. The molecule has 0 saturated carbocycles. The summed E-state index contributed by atoms with van der Waals surface area (Å²) in [5.74, 6) is -1.55. The van der Waals surface area contributed by atoms with Crippen LogP contribution in [0.1, 0.15) is 23.6 Å². The predicted octanol–water partition coefficient (Wildman–Crippen LogP) is 2.35. The van der Waals surface area contributed by atoms with Crippen molar-refractivity contribution in [2.75, 3.05) is 33.8 Å². The van der Waals surface area contributed by atoms with Crippen LogP contribution in [0, 0.1) is 5.82 Å². The van der Waals surface area contributed by atoms with Crippen LogP contribution in [0.5, 0.6) is 5.75 Å². The zero-order valence-electron chi connectivity index (χ0n) is 18.3. The summed E-state index contributed by atoms with van der Waals surface area (Å²) in [6.45, 7) is 5.17. The minimum atomic E-state index is -0.749. The van der Waals surface area contributed by atoms with Gasteiger partial charge in [-0.25, -0.2) is 4.39 Å². The van der Waals surface area contributed by atoms with Gasteiger partial charge in [-0.3, -0.25) is 9.59 Å². The summed E-state index contributed by atoms with van der Waals surface area (Å²) in [6.07, 6.45) is 2.33. The van der Waals surface area contributed by atoms with Gasteiger partial charge < -0.3 is 19.6 Å². The Hall–Kier alpha value is -3.45. The molecule has 32 heavy (non-hydrogen) atoms. The van der Waals surface area contributed by atoms with E-state index in [0.717, 1.165) is 6.54 Å². The largest absolute Gasteiger partial charge is 0.507 e. The van der Waals surface area contributed by atoms with Gasteiger partial charge in [0.1, 0.15) is 23.9 Å². The molecule has 1 saturated heterocycles. The minimum absolute atomic E-state index is 0.00133. The molecule has 0 aliphatic carbocycles. The first-order valence-electron chi connectivity index (χ1n) is 10.5. The molecule has 1 aliphatic rings. The van der Waals surface area contributed by atoms with E-state index in [2.05, 4.69) is 6.58 Å². The summed E-state index contributed by atoms with van der Waals surface area (Å²) in [5.41, 5.74) is 0.952. The van der Waals surface area contributed by atoms with E-state index in [-0.39, 0.29) is 16.9 Å². The van der Waals surface area contributed by atoms with Crippen molar-refractivity contribution in [1.82, 2.24) is 4.90 Å². The normalized spacial score (nSPS) is 17.8. The summed E-state index contributed by atoms with van der Waals surface area (Å²) >= 11 is 0. The number of halogens is 1. The van der Waals surface area contributed by atoms with Crippen LogP contribution in [0.25, 0.3) is 5.76 Å². The molecular weight excluding hydrogens is 411 g/mol. The highest BCUT2D eigenvalue weighted by Gasteiger charge is 2.45. The molecule has 3 rings (SSSR count). The third-order valence-electron chi connectivity index (χ3n) is 5.30. The molecule has 6 nitrogen and oxygen atoms in total. The Labute approximate surface area is 187 Å². The zero-order chi connectivity index (χ0) is 23.3. The number of hydrogen-bond acceptors (Lipinski definition) is 4. The summed E-state index contributed by atoms with van der Waals surface area (Å²) in [6, 6.07) is 11.5. The van der Waals surface area contributed by atoms with Gasteiger partial charge >= 0.3 is 0 Å². The van der Waals surface area contributed by atoms with E-state index >= 15 is 0 Å². The Morgan fingerprint density at radius 1 is 1.16 bits per heavy atom. The van der Waals surface area contributed by atoms with Crippen LogP contribution in [-0.4, -0.2) is 55.5 Å². The van der Waals surface area contributed by atoms with Crippen LogP contribution in [0.2, 0.25) is 0 Å². The van der Waals surface area contributed by atoms with Gasteiger partial charge in [-0.05, 0) is 42.0 Å². The Balaban J connectivity index is 2.04. The SMILES string of the molecule is C=CCOc1ccc([C@H]2/C(=C(/O)c3ccc(F)cc3)C(=O)C(=O)N2CCC[NH+](C)C)cc1. The number of rotatable bonds is 9. The quantitative estimate of drug-likeness (QED) is 0.272. The molecule has 1 heterocycles. The number of carbonyl (C=O) groups excluding carboxylic acids is 2. The van der Waals surface area contributed by atoms with Crippen molar-refractivity contribution in [3.05, 3.63) is 83.7 Å². The molecule has 7 heteroatoms. The summed E-state index contributed by atoms with van der Waals surface area (Å²) in [4.78, 5) is 28.6. The fraction of sp³-hybridized carbons (Fsp3) is 0.280. The molecule has 2 N–H and O–H groups in total. The van der Waals surface area contributed by atoms with Crippen LogP contribution < -0.4 is 9.64 Å². The molecule has 1 atom stereocenters. The molecule has 2 aromatic rings. The Morgan fingerprint density at radius 2 is 1.81 bits per heavy atom. The topological polar surface area (TPSA) is 71.3 Å². The third-order valence-corrected chi connectivity index (χ3v) is 5.30. The number of likely N-dealkylation sites (tertiary alicyclic amines) is 1. The number of amides is 1. The van der Waals surface area contributed by atoms with E-state index in [4.69, 9.17) is 4.74 Å². The number of carbonyl (C=O) groups is 2. The van der Waals surface area contributed by atoms with Crippen LogP contribution in [-0.2, 0) is 9.59 Å². The lowest BCUT2D eigenvalue weighted by Crippen LogP contribution is -3.05. The molecule has 1 fully saturated rings. The molecule has 2 aromatic carbocycles. The lowest BCUT2D eigenvalue weighted by molar-refractivity contribution is -0.858. The second kappa shape index (κ2) is 10.2. The number of aliphatic hydroxyl groups is 1. The van der Waals surface area contributed by atoms with Gasteiger partial charge in [0.25, 0.3) is 11.7 Å². The predicted molar refractivity (Wildman–Crippen MR) is 120 cm³/mol. The number of Topliss-reactive ketones (excluding diaryl/α,β-unsaturated/α-hetero) is 1. The highest BCUT2D eigenvalue weighted by molar-refractivity contribution is 6.46. The number of aliphatic hydroxyl groups excluding tert-OH is 1. The van der Waals surface area contributed by atoms with Crippen molar-refractivity contribution < 1.29 is 28.7 Å². The third kappa shape index (κ3) is 5.06. The first-order chi connectivity index (χ1) is 15.3. The highest BCUT2D eigenvalue weighted by atomic mass is 19.1. The first-order valence-corrected chi connectivity index (χ1v) is 10.5. The monoisotopic (exact) mass is 439 g/mol. The number of nitrogens with one attached hydrogen (secondary N) is 1. The molecule has 0 spiro atoms. The lowest BCUT2D eigenvalue weighted by atomic mass is 9.95. The minimum Gasteiger partial charge on any atom is -0.507 e. The van der Waals surface area contributed by atoms with E-state index in [1.807, 2.05) is 14.1 Å². The summed E-state index contributed by atoms with van der Waals surface area (Å²) in [7, 11) is 4.03. The van der Waals surface area contributed by atoms with E-state index in [1.54, 1.807) is 30.3 Å². The molecule has 168 valence electrons. The Kier molecular flexibility index (Phi) is 7.43. The Morgan fingerprint density at radius 3 is 2.41 bits per heavy atom. The maximum absolute atomic E-state index is 13.4. The van der Waals surface area contributed by atoms with E-state index in [0.29, 0.717) is 30.9 Å². The van der Waals surface area contributed by atoms with Gasteiger partial charge in [-0.15, -0.1) is 0 Å². The van der Waals surface area contributed by atoms with E-state index in [1.165, 1.54) is 34.1 Å². The fourth-order valence-electron chi connectivity index (χ4n) is 3.72. The van der Waals surface area contributed by atoms with E-state index in [9.17, 15) is 19.1 Å². The number of benzene rings is 2. The summed E-state index contributed by atoms with van der Waals surface area (Å²) < 4.78 is 18.9. The Bertz CT molecular complexity index is 1010. The van der Waals surface area contributed by atoms with Crippen LogP contribution in [0.4, 0.5) is 4.39 Å². The molecule has 1 aliphatic heterocycles. The van der Waals surface area contributed by atoms with Gasteiger partial charge in [0.2, 0.25) is 0 Å². The molecule has 1 amide bonds. The van der Waals surface area contributed by atoms with Crippen molar-refractivity contribution in [2.24, 2.45) is 0 Å². The van der Waals surface area contributed by atoms with Gasteiger partial charge in [0, 0.05) is 18.5 Å².